The Kier molecular flexibility index (Phi) is 1.40. The summed E-state index contributed by atoms with van der Waals surface area (Å²) in [6, 6.07) is 0.593. The van der Waals surface area contributed by atoms with Crippen molar-refractivity contribution in [2.24, 2.45) is 0 Å². The molecule has 2 atom stereocenters. The van der Waals surface area contributed by atoms with E-state index in [0.717, 1.165) is 0 Å². The molecule has 1 nitrogen and oxygen atoms in total. The molecule has 0 spiro atoms. The molecule has 0 unspecified atom stereocenters. The van der Waals surface area contributed by atoms with Crippen LogP contribution in [0, 0.1) is 0 Å². The van der Waals surface area contributed by atoms with Gasteiger partial charge in [0.25, 0.3) is 0 Å². The third-order valence-electron chi connectivity index (χ3n) is 1.08. The van der Waals surface area contributed by atoms with E-state index in [9.17, 15) is 0 Å². The van der Waals surface area contributed by atoms with E-state index in [4.69, 9.17) is 0 Å². The number of rotatable bonds is 2. The van der Waals surface area contributed by atoms with E-state index in [1.54, 1.807) is 0 Å². The molecule has 0 saturated carbocycles. The van der Waals surface area contributed by atoms with Crippen molar-refractivity contribution in [1.82, 2.24) is 5.32 Å². The van der Waals surface area contributed by atoms with Crippen LogP contribution in [0.3, 0.4) is 0 Å². The van der Waals surface area contributed by atoms with Crippen molar-refractivity contribution in [2.45, 2.75) is 11.4 Å². The SMILES string of the molecule is C=C[C@@H]1N[C@@H]1SC. The molecular formula is C5H9NS. The highest BCUT2D eigenvalue weighted by atomic mass is 32.2. The van der Waals surface area contributed by atoms with E-state index in [-0.39, 0.29) is 0 Å². The van der Waals surface area contributed by atoms with Crippen LogP contribution in [0.2, 0.25) is 0 Å². The summed E-state index contributed by atoms with van der Waals surface area (Å²) in [4.78, 5) is 0. The third kappa shape index (κ3) is 0.983. The van der Waals surface area contributed by atoms with Gasteiger partial charge in [-0.25, -0.2) is 0 Å². The van der Waals surface area contributed by atoms with Gasteiger partial charge in [-0.3, -0.25) is 5.32 Å². The average molecular weight is 115 g/mol. The van der Waals surface area contributed by atoms with Crippen molar-refractivity contribution in [3.63, 3.8) is 0 Å². The van der Waals surface area contributed by atoms with Crippen molar-refractivity contribution < 1.29 is 0 Å². The molecule has 0 aliphatic carbocycles. The number of thioether (sulfide) groups is 1. The summed E-state index contributed by atoms with van der Waals surface area (Å²) in [5.41, 5.74) is 0. The molecule has 1 heterocycles. The van der Waals surface area contributed by atoms with Crippen LogP contribution < -0.4 is 5.32 Å². The Morgan fingerprint density at radius 2 is 2.57 bits per heavy atom. The van der Waals surface area contributed by atoms with Gasteiger partial charge < -0.3 is 0 Å². The van der Waals surface area contributed by atoms with Gasteiger partial charge in [0.15, 0.2) is 0 Å². The molecule has 1 N–H and O–H groups in total. The molecule has 1 rings (SSSR count). The van der Waals surface area contributed by atoms with Crippen molar-refractivity contribution in [3.8, 4) is 0 Å². The zero-order valence-corrected chi connectivity index (χ0v) is 5.16. The second kappa shape index (κ2) is 1.88. The Morgan fingerprint density at radius 1 is 1.86 bits per heavy atom. The first-order chi connectivity index (χ1) is 3.38. The molecule has 0 amide bonds. The van der Waals surface area contributed by atoms with Crippen molar-refractivity contribution >= 4 is 11.8 Å². The largest absolute Gasteiger partial charge is 0.295 e. The summed E-state index contributed by atoms with van der Waals surface area (Å²) in [5, 5.41) is 3.88. The molecule has 0 bridgehead atoms. The van der Waals surface area contributed by atoms with Crippen LogP contribution in [-0.2, 0) is 0 Å². The minimum Gasteiger partial charge on any atom is -0.295 e. The Hall–Kier alpha value is 0.0500. The summed E-state index contributed by atoms with van der Waals surface area (Å²) in [5.74, 6) is 0. The van der Waals surface area contributed by atoms with Gasteiger partial charge in [0.05, 0.1) is 11.4 Å². The monoisotopic (exact) mass is 115 g/mol. The molecule has 7 heavy (non-hydrogen) atoms. The lowest BCUT2D eigenvalue weighted by molar-refractivity contribution is 1.21. The zero-order valence-electron chi connectivity index (χ0n) is 4.35. The van der Waals surface area contributed by atoms with Crippen molar-refractivity contribution in [2.75, 3.05) is 6.26 Å². The summed E-state index contributed by atoms with van der Waals surface area (Å²) in [6.07, 6.45) is 4.04. The van der Waals surface area contributed by atoms with Gasteiger partial charge in [-0.05, 0) is 6.26 Å². The minimum atomic E-state index is 0.593. The topological polar surface area (TPSA) is 21.9 Å². The Labute approximate surface area is 48.2 Å². The lowest BCUT2D eigenvalue weighted by atomic mass is 10.5. The predicted octanol–water partition coefficient (Wildman–Crippen LogP) is 0.833. The molecule has 1 fully saturated rings. The summed E-state index contributed by atoms with van der Waals surface area (Å²) in [7, 11) is 0. The van der Waals surface area contributed by atoms with E-state index in [2.05, 4.69) is 18.2 Å². The van der Waals surface area contributed by atoms with Crippen LogP contribution in [0.4, 0.5) is 0 Å². The lowest BCUT2D eigenvalue weighted by Crippen LogP contribution is -1.78. The zero-order chi connectivity index (χ0) is 5.28. The average Bonchev–Trinajstić information content (AvgIpc) is 2.43. The highest BCUT2D eigenvalue weighted by molar-refractivity contribution is 7.99. The van der Waals surface area contributed by atoms with Crippen molar-refractivity contribution in [3.05, 3.63) is 12.7 Å². The molecule has 1 saturated heterocycles. The van der Waals surface area contributed by atoms with Crippen LogP contribution >= 0.6 is 11.8 Å². The Morgan fingerprint density at radius 3 is 2.71 bits per heavy atom. The van der Waals surface area contributed by atoms with Gasteiger partial charge in [0.2, 0.25) is 0 Å². The second-order valence-corrected chi connectivity index (χ2v) is 2.56. The molecular weight excluding hydrogens is 106 g/mol. The molecule has 0 radical (unpaired) electrons. The fourth-order valence-electron chi connectivity index (χ4n) is 0.540. The van der Waals surface area contributed by atoms with Gasteiger partial charge in [-0.2, -0.15) is 0 Å². The van der Waals surface area contributed by atoms with Crippen molar-refractivity contribution in [1.29, 1.82) is 0 Å². The number of hydrogen-bond donors (Lipinski definition) is 1. The van der Waals surface area contributed by atoms with E-state index >= 15 is 0 Å². The second-order valence-electron chi connectivity index (χ2n) is 1.58. The first kappa shape index (κ1) is 5.19. The van der Waals surface area contributed by atoms with Crippen LogP contribution in [0.5, 0.6) is 0 Å². The molecule has 40 valence electrons. The van der Waals surface area contributed by atoms with E-state index < -0.39 is 0 Å². The van der Waals surface area contributed by atoms with Gasteiger partial charge >= 0.3 is 0 Å². The maximum atomic E-state index is 3.65. The smallest absolute Gasteiger partial charge is 0.0726 e. The number of nitrogens with one attached hydrogen (secondary N) is 1. The first-order valence-corrected chi connectivity index (χ1v) is 3.58. The summed E-state index contributed by atoms with van der Waals surface area (Å²) >= 11 is 1.84. The standard InChI is InChI=1S/C5H9NS/c1-3-4-5(6-4)7-2/h3-6H,1H2,2H3/t4-,5+/m0/s1. The third-order valence-corrected chi connectivity index (χ3v) is 2.02. The minimum absolute atomic E-state index is 0.593. The lowest BCUT2D eigenvalue weighted by Gasteiger charge is -1.78. The number of hydrogen-bond acceptors (Lipinski definition) is 2. The Bertz CT molecular complexity index is 82.1. The molecule has 1 aliphatic rings. The molecule has 1 aliphatic heterocycles. The van der Waals surface area contributed by atoms with Gasteiger partial charge in [-0.1, -0.05) is 6.08 Å². The van der Waals surface area contributed by atoms with Crippen LogP contribution in [0.15, 0.2) is 12.7 Å². The summed E-state index contributed by atoms with van der Waals surface area (Å²) < 4.78 is 0. The van der Waals surface area contributed by atoms with Gasteiger partial charge in [-0.15, -0.1) is 18.3 Å². The van der Waals surface area contributed by atoms with E-state index in [1.165, 1.54) is 0 Å². The molecule has 0 aromatic heterocycles. The van der Waals surface area contributed by atoms with Crippen LogP contribution in [0.25, 0.3) is 0 Å². The van der Waals surface area contributed by atoms with E-state index in [0.29, 0.717) is 11.4 Å². The van der Waals surface area contributed by atoms with Gasteiger partial charge in [0, 0.05) is 0 Å². The highest BCUT2D eigenvalue weighted by Gasteiger charge is 2.31. The van der Waals surface area contributed by atoms with Crippen LogP contribution in [-0.4, -0.2) is 17.7 Å². The van der Waals surface area contributed by atoms with E-state index in [1.807, 2.05) is 17.8 Å². The fraction of sp³-hybridized carbons (Fsp3) is 0.600. The highest BCUT2D eigenvalue weighted by Crippen LogP contribution is 2.21. The normalized spacial score (nSPS) is 37.9. The maximum absolute atomic E-state index is 3.65. The fourth-order valence-corrected chi connectivity index (χ4v) is 1.24. The maximum Gasteiger partial charge on any atom is 0.0726 e. The quantitative estimate of drug-likeness (QED) is 0.425. The first-order valence-electron chi connectivity index (χ1n) is 2.30. The van der Waals surface area contributed by atoms with Crippen LogP contribution in [0.1, 0.15) is 0 Å². The summed E-state index contributed by atoms with van der Waals surface area (Å²) in [6.45, 7) is 3.65. The molecule has 0 aromatic rings. The molecule has 2 heteroatoms. The predicted molar refractivity (Wildman–Crippen MR) is 34.4 cm³/mol. The Balaban J connectivity index is 2.17. The molecule has 0 aromatic carbocycles. The van der Waals surface area contributed by atoms with Gasteiger partial charge in [0.1, 0.15) is 0 Å².